The molecule has 0 aromatic carbocycles. The molecule has 0 radical (unpaired) electrons. The number of nitrogens with zero attached hydrogens (tertiary/aromatic N) is 4. The van der Waals surface area contributed by atoms with Crippen LogP contribution in [-0.2, 0) is 9.36 Å². The SMILES string of the molecule is CN(C)C=O.CN(C)P(=O)(N(C)C)N(C)C. The fourth-order valence-corrected chi connectivity index (χ4v) is 3.22. The maximum absolute atomic E-state index is 12.1. The molecule has 0 spiro atoms. The van der Waals surface area contributed by atoms with Gasteiger partial charge in [-0.05, 0) is 42.3 Å². The van der Waals surface area contributed by atoms with Gasteiger partial charge in [0, 0.05) is 14.1 Å². The summed E-state index contributed by atoms with van der Waals surface area (Å²) in [6.45, 7) is 0. The highest BCUT2D eigenvalue weighted by molar-refractivity contribution is 7.56. The van der Waals surface area contributed by atoms with E-state index in [2.05, 4.69) is 0 Å². The molecule has 7 heteroatoms. The monoisotopic (exact) mass is 252 g/mol. The Balaban J connectivity index is 0. The van der Waals surface area contributed by atoms with Crippen LogP contribution in [0.1, 0.15) is 0 Å². The first kappa shape index (κ1) is 18.0. The molecule has 6 nitrogen and oxygen atoms in total. The first-order valence-electron chi connectivity index (χ1n) is 4.85. The minimum atomic E-state index is -2.44. The van der Waals surface area contributed by atoms with Gasteiger partial charge < -0.3 is 4.90 Å². The summed E-state index contributed by atoms with van der Waals surface area (Å²) < 4.78 is 17.3. The second-order valence-electron chi connectivity index (χ2n) is 4.12. The Labute approximate surface area is 99.3 Å². The molecule has 0 aromatic heterocycles. The number of carbonyl (C=O) groups is 1. The third-order valence-corrected chi connectivity index (χ3v) is 4.90. The van der Waals surface area contributed by atoms with Gasteiger partial charge in [-0.15, -0.1) is 0 Å². The van der Waals surface area contributed by atoms with Gasteiger partial charge in [0.25, 0.3) is 7.59 Å². The van der Waals surface area contributed by atoms with Crippen LogP contribution in [0.3, 0.4) is 0 Å². The van der Waals surface area contributed by atoms with Gasteiger partial charge >= 0.3 is 0 Å². The zero-order valence-corrected chi connectivity index (χ0v) is 12.5. The van der Waals surface area contributed by atoms with E-state index in [1.807, 2.05) is 42.3 Å². The van der Waals surface area contributed by atoms with Gasteiger partial charge in [-0.3, -0.25) is 9.36 Å². The van der Waals surface area contributed by atoms with E-state index in [9.17, 15) is 9.36 Å². The van der Waals surface area contributed by atoms with Crippen LogP contribution in [0.4, 0.5) is 0 Å². The van der Waals surface area contributed by atoms with E-state index in [0.717, 1.165) is 6.41 Å². The van der Waals surface area contributed by atoms with Gasteiger partial charge in [-0.1, -0.05) is 0 Å². The zero-order valence-electron chi connectivity index (χ0n) is 11.6. The van der Waals surface area contributed by atoms with Gasteiger partial charge in [0.2, 0.25) is 6.41 Å². The van der Waals surface area contributed by atoms with E-state index < -0.39 is 7.59 Å². The zero-order chi connectivity index (χ0) is 13.5. The largest absolute Gasteiger partial charge is 0.351 e. The molecular formula is C9H25N4O2P. The number of hydrogen-bond donors (Lipinski definition) is 0. The summed E-state index contributed by atoms with van der Waals surface area (Å²) in [7, 11) is 11.9. The quantitative estimate of drug-likeness (QED) is 0.538. The van der Waals surface area contributed by atoms with Crippen molar-refractivity contribution in [1.29, 1.82) is 0 Å². The van der Waals surface area contributed by atoms with E-state index >= 15 is 0 Å². The Morgan fingerprint density at radius 1 is 0.750 bits per heavy atom. The maximum Gasteiger partial charge on any atom is 0.285 e. The summed E-state index contributed by atoms with van der Waals surface area (Å²) in [4.78, 5) is 10.9. The summed E-state index contributed by atoms with van der Waals surface area (Å²) in [5.41, 5.74) is 0. The van der Waals surface area contributed by atoms with Gasteiger partial charge in [-0.2, -0.15) is 0 Å². The van der Waals surface area contributed by atoms with Crippen LogP contribution in [0.25, 0.3) is 0 Å². The van der Waals surface area contributed by atoms with Crippen LogP contribution in [0.15, 0.2) is 0 Å². The Hall–Kier alpha value is -0.420. The van der Waals surface area contributed by atoms with Crippen LogP contribution in [0, 0.1) is 0 Å². The highest BCUT2D eigenvalue weighted by Gasteiger charge is 2.30. The fraction of sp³-hybridized carbons (Fsp3) is 0.889. The lowest BCUT2D eigenvalue weighted by molar-refractivity contribution is -0.115. The molecule has 0 aliphatic carbocycles. The molecule has 0 rings (SSSR count). The van der Waals surface area contributed by atoms with Gasteiger partial charge in [-0.25, -0.2) is 14.0 Å². The second-order valence-corrected chi connectivity index (χ2v) is 7.55. The fourth-order valence-electron chi connectivity index (χ4n) is 1.07. The normalized spacial score (nSPS) is 11.4. The molecule has 0 bridgehead atoms. The van der Waals surface area contributed by atoms with E-state index in [4.69, 9.17) is 0 Å². The smallest absolute Gasteiger partial charge is 0.285 e. The summed E-state index contributed by atoms with van der Waals surface area (Å²) in [5.74, 6) is 0. The molecule has 0 fully saturated rings. The Kier molecular flexibility index (Phi) is 8.74. The highest BCUT2D eigenvalue weighted by atomic mass is 31.2. The minimum absolute atomic E-state index is 0.750. The predicted molar refractivity (Wildman–Crippen MR) is 68.4 cm³/mol. The van der Waals surface area contributed by atoms with Gasteiger partial charge in [0.15, 0.2) is 0 Å². The lowest BCUT2D eigenvalue weighted by Crippen LogP contribution is -2.30. The lowest BCUT2D eigenvalue weighted by Gasteiger charge is -2.34. The van der Waals surface area contributed by atoms with Crippen molar-refractivity contribution in [3.8, 4) is 0 Å². The summed E-state index contributed by atoms with van der Waals surface area (Å²) in [5, 5.41) is 0. The third kappa shape index (κ3) is 5.61. The number of rotatable bonds is 4. The Morgan fingerprint density at radius 2 is 0.938 bits per heavy atom. The Morgan fingerprint density at radius 3 is 0.938 bits per heavy atom. The summed E-state index contributed by atoms with van der Waals surface area (Å²) in [6, 6.07) is 0. The third-order valence-electron chi connectivity index (χ3n) is 1.77. The van der Waals surface area contributed by atoms with Gasteiger partial charge in [0.1, 0.15) is 0 Å². The number of hydrogen-bond acceptors (Lipinski definition) is 2. The van der Waals surface area contributed by atoms with Crippen molar-refractivity contribution in [2.24, 2.45) is 0 Å². The van der Waals surface area contributed by atoms with Crippen molar-refractivity contribution in [3.05, 3.63) is 0 Å². The first-order chi connectivity index (χ1) is 7.10. The summed E-state index contributed by atoms with van der Waals surface area (Å²) in [6.07, 6.45) is 0.750. The van der Waals surface area contributed by atoms with Crippen molar-refractivity contribution in [2.45, 2.75) is 0 Å². The molecular weight excluding hydrogens is 227 g/mol. The number of amides is 1. The molecule has 0 N–H and O–H groups in total. The Bertz CT molecular complexity index is 213. The molecule has 0 aliphatic rings. The predicted octanol–water partition coefficient (Wildman–Crippen LogP) is 0.484. The van der Waals surface area contributed by atoms with Gasteiger partial charge in [0.05, 0.1) is 0 Å². The van der Waals surface area contributed by atoms with E-state index in [0.29, 0.717) is 0 Å². The minimum Gasteiger partial charge on any atom is -0.351 e. The van der Waals surface area contributed by atoms with Crippen molar-refractivity contribution in [2.75, 3.05) is 56.4 Å². The number of carbonyl (C=O) groups excluding carboxylic acids is 1. The van der Waals surface area contributed by atoms with E-state index in [1.165, 1.54) is 4.90 Å². The van der Waals surface area contributed by atoms with Crippen LogP contribution < -0.4 is 0 Å². The molecule has 0 saturated carbocycles. The molecule has 0 aliphatic heterocycles. The van der Waals surface area contributed by atoms with Crippen LogP contribution >= 0.6 is 7.59 Å². The molecule has 0 aromatic rings. The van der Waals surface area contributed by atoms with Crippen molar-refractivity contribution < 1.29 is 9.36 Å². The standard InChI is InChI=1S/C6H18N3OP.C3H7NO/c1-7(2)11(10,8(3)4)9(5)6;1-4(2)3-5/h1-6H3;3H,1-2H3. The molecule has 16 heavy (non-hydrogen) atoms. The molecule has 0 unspecified atom stereocenters. The van der Waals surface area contributed by atoms with E-state index in [-0.39, 0.29) is 0 Å². The molecule has 0 atom stereocenters. The highest BCUT2D eigenvalue weighted by Crippen LogP contribution is 2.50. The lowest BCUT2D eigenvalue weighted by atomic mass is 11.0. The molecule has 98 valence electrons. The maximum atomic E-state index is 12.1. The molecule has 0 saturated heterocycles. The topological polar surface area (TPSA) is 47.1 Å². The van der Waals surface area contributed by atoms with Crippen molar-refractivity contribution >= 4 is 14.0 Å². The van der Waals surface area contributed by atoms with Crippen LogP contribution in [0.5, 0.6) is 0 Å². The van der Waals surface area contributed by atoms with Crippen LogP contribution in [0.2, 0.25) is 0 Å². The average molecular weight is 252 g/mol. The molecule has 0 heterocycles. The molecule has 1 amide bonds. The first-order valence-corrected chi connectivity index (χ1v) is 6.42. The van der Waals surface area contributed by atoms with Crippen molar-refractivity contribution in [3.63, 3.8) is 0 Å². The summed E-state index contributed by atoms with van der Waals surface area (Å²) >= 11 is 0. The average Bonchev–Trinajstić information content (AvgIpc) is 2.16. The van der Waals surface area contributed by atoms with E-state index in [1.54, 1.807) is 28.1 Å². The van der Waals surface area contributed by atoms with Crippen molar-refractivity contribution in [1.82, 2.24) is 18.9 Å². The van der Waals surface area contributed by atoms with Crippen LogP contribution in [-0.4, -0.2) is 81.7 Å². The second kappa shape index (κ2) is 7.79.